The van der Waals surface area contributed by atoms with Gasteiger partial charge in [-0.1, -0.05) is 48.3 Å². The topological polar surface area (TPSA) is 43.6 Å². The Morgan fingerprint density at radius 1 is 1.03 bits per heavy atom. The SMILES string of the molecule is Cc1ccc(C(=O)O/N=C2\CC(C)(C)Cc3c2cc(C)n3-c2ccc(Cl)cc2)cc1. The molecule has 2 aromatic carbocycles. The van der Waals surface area contributed by atoms with Gasteiger partial charge >= 0.3 is 5.97 Å². The zero-order valence-electron chi connectivity index (χ0n) is 17.7. The van der Waals surface area contributed by atoms with Gasteiger partial charge in [0.2, 0.25) is 0 Å². The van der Waals surface area contributed by atoms with E-state index in [-0.39, 0.29) is 5.41 Å². The number of aromatic nitrogens is 1. The highest BCUT2D eigenvalue weighted by molar-refractivity contribution is 6.30. The Morgan fingerprint density at radius 2 is 1.70 bits per heavy atom. The lowest BCUT2D eigenvalue weighted by molar-refractivity contribution is 0.0514. The average molecular weight is 421 g/mol. The highest BCUT2D eigenvalue weighted by Crippen LogP contribution is 2.38. The molecular formula is C25H25ClN2O2. The van der Waals surface area contributed by atoms with Crippen LogP contribution in [-0.2, 0) is 11.3 Å². The van der Waals surface area contributed by atoms with Gasteiger partial charge in [0.05, 0.1) is 11.3 Å². The van der Waals surface area contributed by atoms with Gasteiger partial charge in [0.25, 0.3) is 0 Å². The van der Waals surface area contributed by atoms with E-state index in [1.54, 1.807) is 12.1 Å². The second kappa shape index (κ2) is 7.77. The molecule has 1 aliphatic carbocycles. The van der Waals surface area contributed by atoms with E-state index < -0.39 is 5.97 Å². The van der Waals surface area contributed by atoms with Crippen molar-refractivity contribution in [3.8, 4) is 5.69 Å². The molecule has 1 aliphatic rings. The summed E-state index contributed by atoms with van der Waals surface area (Å²) < 4.78 is 2.24. The van der Waals surface area contributed by atoms with Crippen LogP contribution in [0.1, 0.15) is 53.1 Å². The molecule has 4 rings (SSSR count). The minimum absolute atomic E-state index is 0.00291. The molecule has 0 saturated carbocycles. The molecule has 1 heterocycles. The molecule has 0 aliphatic heterocycles. The fourth-order valence-electron chi connectivity index (χ4n) is 4.05. The highest BCUT2D eigenvalue weighted by atomic mass is 35.5. The third kappa shape index (κ3) is 4.05. The van der Waals surface area contributed by atoms with Crippen LogP contribution in [0.2, 0.25) is 5.02 Å². The third-order valence-electron chi connectivity index (χ3n) is 5.50. The van der Waals surface area contributed by atoms with E-state index >= 15 is 0 Å². The Bertz CT molecular complexity index is 1120. The largest absolute Gasteiger partial charge is 0.365 e. The minimum Gasteiger partial charge on any atom is -0.318 e. The maximum absolute atomic E-state index is 12.5. The standard InChI is InChI=1S/C25H25ClN2O2/c1-16-5-7-18(8-6-16)24(29)30-27-22-14-25(3,4)15-23-21(22)13-17(2)28(23)20-11-9-19(26)10-12-20/h5-13H,14-15H2,1-4H3/b27-22+. The van der Waals surface area contributed by atoms with Crippen LogP contribution >= 0.6 is 11.6 Å². The van der Waals surface area contributed by atoms with Crippen molar-refractivity contribution >= 4 is 23.3 Å². The van der Waals surface area contributed by atoms with Gasteiger partial charge in [-0.2, -0.15) is 0 Å². The zero-order chi connectivity index (χ0) is 21.5. The normalized spacial score (nSPS) is 16.4. The number of aryl methyl sites for hydroxylation is 2. The molecular weight excluding hydrogens is 396 g/mol. The molecule has 154 valence electrons. The van der Waals surface area contributed by atoms with E-state index in [9.17, 15) is 4.79 Å². The van der Waals surface area contributed by atoms with Crippen molar-refractivity contribution in [2.75, 3.05) is 0 Å². The zero-order valence-corrected chi connectivity index (χ0v) is 18.5. The van der Waals surface area contributed by atoms with Crippen LogP contribution in [-0.4, -0.2) is 16.2 Å². The molecule has 0 amide bonds. The molecule has 0 N–H and O–H groups in total. The van der Waals surface area contributed by atoms with Crippen LogP contribution in [0, 0.1) is 19.3 Å². The lowest BCUT2D eigenvalue weighted by Gasteiger charge is -2.31. The van der Waals surface area contributed by atoms with Gasteiger partial charge in [-0.3, -0.25) is 0 Å². The smallest absolute Gasteiger partial charge is 0.318 e. The minimum atomic E-state index is -0.443. The number of benzene rings is 2. The second-order valence-electron chi connectivity index (χ2n) is 8.76. The number of hydrogen-bond donors (Lipinski definition) is 0. The molecule has 0 fully saturated rings. The maximum Gasteiger partial charge on any atom is 0.365 e. The van der Waals surface area contributed by atoms with Crippen molar-refractivity contribution in [2.24, 2.45) is 10.6 Å². The number of nitrogens with zero attached hydrogens (tertiary/aromatic N) is 2. The predicted molar refractivity (Wildman–Crippen MR) is 121 cm³/mol. The molecule has 0 bridgehead atoms. The summed E-state index contributed by atoms with van der Waals surface area (Å²) in [6.07, 6.45) is 1.65. The Morgan fingerprint density at radius 3 is 2.37 bits per heavy atom. The quantitative estimate of drug-likeness (QED) is 0.369. The summed E-state index contributed by atoms with van der Waals surface area (Å²) in [4.78, 5) is 17.8. The number of fused-ring (bicyclic) bond motifs is 1. The molecule has 0 atom stereocenters. The fraction of sp³-hybridized carbons (Fsp3) is 0.280. The third-order valence-corrected chi connectivity index (χ3v) is 5.75. The lowest BCUT2D eigenvalue weighted by atomic mass is 9.76. The molecule has 30 heavy (non-hydrogen) atoms. The Hall–Kier alpha value is -2.85. The summed E-state index contributed by atoms with van der Waals surface area (Å²) in [5.74, 6) is -0.443. The van der Waals surface area contributed by atoms with E-state index in [1.807, 2.05) is 43.3 Å². The molecule has 3 aromatic rings. The van der Waals surface area contributed by atoms with Gasteiger partial charge in [-0.05, 0) is 74.6 Å². The van der Waals surface area contributed by atoms with Crippen molar-refractivity contribution < 1.29 is 9.63 Å². The van der Waals surface area contributed by atoms with E-state index in [0.29, 0.717) is 10.6 Å². The summed E-state index contributed by atoms with van der Waals surface area (Å²) in [5, 5.41) is 5.02. The van der Waals surface area contributed by atoms with Crippen molar-refractivity contribution in [1.82, 2.24) is 4.57 Å². The van der Waals surface area contributed by atoms with E-state index in [0.717, 1.165) is 41.1 Å². The van der Waals surface area contributed by atoms with Crippen molar-refractivity contribution in [3.05, 3.63) is 87.7 Å². The molecule has 1 aromatic heterocycles. The van der Waals surface area contributed by atoms with Crippen LogP contribution in [0.4, 0.5) is 0 Å². The van der Waals surface area contributed by atoms with Gasteiger partial charge < -0.3 is 9.40 Å². The van der Waals surface area contributed by atoms with Gasteiger partial charge in [0, 0.05) is 27.7 Å². The van der Waals surface area contributed by atoms with Crippen LogP contribution in [0.25, 0.3) is 5.69 Å². The van der Waals surface area contributed by atoms with Crippen molar-refractivity contribution in [1.29, 1.82) is 0 Å². The van der Waals surface area contributed by atoms with Crippen molar-refractivity contribution in [3.63, 3.8) is 0 Å². The predicted octanol–water partition coefficient (Wildman–Crippen LogP) is 6.28. The number of carbonyl (C=O) groups is 1. The van der Waals surface area contributed by atoms with Gasteiger partial charge in [0.1, 0.15) is 0 Å². The first-order valence-electron chi connectivity index (χ1n) is 10.1. The van der Waals surface area contributed by atoms with E-state index in [1.165, 1.54) is 5.69 Å². The summed E-state index contributed by atoms with van der Waals surface area (Å²) in [6.45, 7) is 8.48. The molecule has 4 nitrogen and oxygen atoms in total. The maximum atomic E-state index is 12.5. The molecule has 0 radical (unpaired) electrons. The monoisotopic (exact) mass is 420 g/mol. The lowest BCUT2D eigenvalue weighted by Crippen LogP contribution is -2.28. The number of carbonyl (C=O) groups excluding carboxylic acids is 1. The molecule has 0 saturated heterocycles. The first-order valence-corrected chi connectivity index (χ1v) is 10.4. The van der Waals surface area contributed by atoms with Gasteiger partial charge in [-0.25, -0.2) is 4.79 Å². The number of oxime groups is 1. The summed E-state index contributed by atoms with van der Waals surface area (Å²) in [7, 11) is 0. The summed E-state index contributed by atoms with van der Waals surface area (Å²) in [5.41, 5.74) is 6.78. The van der Waals surface area contributed by atoms with E-state index in [2.05, 4.69) is 36.6 Å². The van der Waals surface area contributed by atoms with E-state index in [4.69, 9.17) is 16.4 Å². The average Bonchev–Trinajstić information content (AvgIpc) is 3.02. The number of hydrogen-bond acceptors (Lipinski definition) is 3. The summed E-state index contributed by atoms with van der Waals surface area (Å²) >= 11 is 6.08. The molecule has 0 unspecified atom stereocenters. The van der Waals surface area contributed by atoms with Gasteiger partial charge in [-0.15, -0.1) is 0 Å². The van der Waals surface area contributed by atoms with Gasteiger partial charge in [0.15, 0.2) is 0 Å². The second-order valence-corrected chi connectivity index (χ2v) is 9.19. The summed E-state index contributed by atoms with van der Waals surface area (Å²) in [6, 6.07) is 17.3. The van der Waals surface area contributed by atoms with Crippen molar-refractivity contribution in [2.45, 2.75) is 40.5 Å². The number of rotatable bonds is 3. The highest BCUT2D eigenvalue weighted by Gasteiger charge is 2.33. The molecule has 5 heteroatoms. The van der Waals surface area contributed by atoms with Crippen LogP contribution in [0.5, 0.6) is 0 Å². The number of halogens is 1. The first kappa shape index (κ1) is 20.4. The Balaban J connectivity index is 1.70. The van der Waals surface area contributed by atoms with Crippen LogP contribution < -0.4 is 0 Å². The molecule has 0 spiro atoms. The van der Waals surface area contributed by atoms with Crippen LogP contribution in [0.3, 0.4) is 0 Å². The Labute approximate surface area is 182 Å². The Kier molecular flexibility index (Phi) is 5.29. The first-order chi connectivity index (χ1) is 14.2. The van der Waals surface area contributed by atoms with Crippen LogP contribution in [0.15, 0.2) is 59.8 Å². The fourth-order valence-corrected chi connectivity index (χ4v) is 4.17.